The van der Waals surface area contributed by atoms with Crippen molar-refractivity contribution in [3.63, 3.8) is 0 Å². The molecule has 2 atom stereocenters. The molecule has 2 aliphatic rings. The topological polar surface area (TPSA) is 6.48 Å². The van der Waals surface area contributed by atoms with Gasteiger partial charge in [-0.2, -0.15) is 0 Å². The SMILES string of the molecule is BrC(CN1CCCCC1)C(Br)CN1CCCCC1. The summed E-state index contributed by atoms with van der Waals surface area (Å²) in [5.74, 6) is 0. The van der Waals surface area contributed by atoms with Crippen LogP contribution in [0.1, 0.15) is 38.5 Å². The molecule has 0 amide bonds. The number of halogens is 2. The van der Waals surface area contributed by atoms with E-state index in [0.29, 0.717) is 9.65 Å². The van der Waals surface area contributed by atoms with Crippen LogP contribution in [-0.4, -0.2) is 58.7 Å². The van der Waals surface area contributed by atoms with Gasteiger partial charge in [-0.3, -0.25) is 0 Å². The molecule has 0 aromatic heterocycles. The molecule has 0 saturated carbocycles. The third-order valence-corrected chi connectivity index (χ3v) is 6.72. The lowest BCUT2D eigenvalue weighted by molar-refractivity contribution is 0.209. The summed E-state index contributed by atoms with van der Waals surface area (Å²) >= 11 is 7.78. The Kier molecular flexibility index (Phi) is 6.98. The Balaban J connectivity index is 1.68. The molecule has 2 heterocycles. The minimum atomic E-state index is 0.581. The summed E-state index contributed by atoms with van der Waals surface area (Å²) < 4.78 is 0. The van der Waals surface area contributed by atoms with Crippen LogP contribution in [0.25, 0.3) is 0 Å². The molecule has 2 fully saturated rings. The van der Waals surface area contributed by atoms with Crippen LogP contribution in [-0.2, 0) is 0 Å². The number of hydrogen-bond acceptors (Lipinski definition) is 2. The van der Waals surface area contributed by atoms with Gasteiger partial charge in [0.15, 0.2) is 0 Å². The van der Waals surface area contributed by atoms with E-state index in [4.69, 9.17) is 0 Å². The molecular formula is C14H26Br2N2. The van der Waals surface area contributed by atoms with Gasteiger partial charge in [0.25, 0.3) is 0 Å². The maximum atomic E-state index is 3.89. The van der Waals surface area contributed by atoms with Crippen molar-refractivity contribution in [3.8, 4) is 0 Å². The molecule has 0 aromatic rings. The van der Waals surface area contributed by atoms with Gasteiger partial charge in [-0.1, -0.05) is 44.7 Å². The molecule has 106 valence electrons. The van der Waals surface area contributed by atoms with Crippen molar-refractivity contribution in [2.45, 2.75) is 48.2 Å². The Morgan fingerprint density at radius 1 is 0.611 bits per heavy atom. The van der Waals surface area contributed by atoms with Gasteiger partial charge in [0, 0.05) is 22.7 Å². The van der Waals surface area contributed by atoms with Crippen molar-refractivity contribution >= 4 is 31.9 Å². The quantitative estimate of drug-likeness (QED) is 0.672. The second kappa shape index (κ2) is 8.23. The fourth-order valence-corrected chi connectivity index (χ4v) is 4.16. The zero-order valence-electron chi connectivity index (χ0n) is 11.3. The highest BCUT2D eigenvalue weighted by Crippen LogP contribution is 2.21. The van der Waals surface area contributed by atoms with E-state index >= 15 is 0 Å². The van der Waals surface area contributed by atoms with E-state index in [-0.39, 0.29) is 0 Å². The predicted octanol–water partition coefficient (Wildman–Crippen LogP) is 3.49. The monoisotopic (exact) mass is 380 g/mol. The lowest BCUT2D eigenvalue weighted by Crippen LogP contribution is -2.42. The van der Waals surface area contributed by atoms with Gasteiger partial charge in [-0.25, -0.2) is 0 Å². The summed E-state index contributed by atoms with van der Waals surface area (Å²) in [4.78, 5) is 6.40. The van der Waals surface area contributed by atoms with Crippen LogP contribution in [0.15, 0.2) is 0 Å². The maximum absolute atomic E-state index is 3.89. The molecule has 2 unspecified atom stereocenters. The molecule has 0 spiro atoms. The molecule has 0 radical (unpaired) electrons. The van der Waals surface area contributed by atoms with E-state index < -0.39 is 0 Å². The Labute approximate surface area is 129 Å². The molecule has 2 aliphatic heterocycles. The minimum Gasteiger partial charge on any atom is -0.302 e. The number of nitrogens with zero attached hydrogens (tertiary/aromatic N) is 2. The summed E-state index contributed by atoms with van der Waals surface area (Å²) in [5, 5.41) is 0. The van der Waals surface area contributed by atoms with Crippen LogP contribution >= 0.6 is 31.9 Å². The van der Waals surface area contributed by atoms with Crippen molar-refractivity contribution in [2.24, 2.45) is 0 Å². The smallest absolute Gasteiger partial charge is 0.0410 e. The third kappa shape index (κ3) is 5.10. The highest BCUT2D eigenvalue weighted by Gasteiger charge is 2.23. The molecule has 18 heavy (non-hydrogen) atoms. The zero-order valence-corrected chi connectivity index (χ0v) is 14.5. The van der Waals surface area contributed by atoms with E-state index in [0.717, 1.165) is 0 Å². The number of hydrogen-bond donors (Lipinski definition) is 0. The van der Waals surface area contributed by atoms with Crippen LogP contribution in [0.3, 0.4) is 0 Å². The minimum absolute atomic E-state index is 0.581. The van der Waals surface area contributed by atoms with Crippen LogP contribution in [0.5, 0.6) is 0 Å². The maximum Gasteiger partial charge on any atom is 0.0410 e. The van der Waals surface area contributed by atoms with Crippen LogP contribution in [0.2, 0.25) is 0 Å². The number of rotatable bonds is 5. The Morgan fingerprint density at radius 3 is 1.28 bits per heavy atom. The molecule has 2 nitrogen and oxygen atoms in total. The highest BCUT2D eigenvalue weighted by atomic mass is 79.9. The second-order valence-electron chi connectivity index (χ2n) is 5.75. The van der Waals surface area contributed by atoms with Crippen LogP contribution < -0.4 is 0 Å². The lowest BCUT2D eigenvalue weighted by Gasteiger charge is -2.33. The molecule has 4 heteroatoms. The first kappa shape index (κ1) is 15.3. The largest absolute Gasteiger partial charge is 0.302 e. The van der Waals surface area contributed by atoms with E-state index in [1.165, 1.54) is 77.8 Å². The standard InChI is InChI=1S/C14H26Br2N2/c15-13(11-17-7-3-1-4-8-17)14(16)12-18-9-5-2-6-10-18/h13-14H,1-12H2. The van der Waals surface area contributed by atoms with E-state index in [2.05, 4.69) is 41.7 Å². The summed E-state index contributed by atoms with van der Waals surface area (Å²) in [6, 6.07) is 0. The fourth-order valence-electron chi connectivity index (χ4n) is 3.01. The number of piperidine rings is 2. The predicted molar refractivity (Wildman–Crippen MR) is 86.0 cm³/mol. The average molecular weight is 382 g/mol. The van der Waals surface area contributed by atoms with Gasteiger partial charge in [0.05, 0.1) is 0 Å². The molecule has 0 aliphatic carbocycles. The second-order valence-corrected chi connectivity index (χ2v) is 8.11. The molecular weight excluding hydrogens is 356 g/mol. The Bertz CT molecular complexity index is 202. The van der Waals surface area contributed by atoms with Crippen molar-refractivity contribution in [2.75, 3.05) is 39.3 Å². The van der Waals surface area contributed by atoms with Gasteiger partial charge in [-0.05, 0) is 51.9 Å². The average Bonchev–Trinajstić information content (AvgIpc) is 2.41. The number of likely N-dealkylation sites (tertiary alicyclic amines) is 2. The van der Waals surface area contributed by atoms with Crippen molar-refractivity contribution in [3.05, 3.63) is 0 Å². The molecule has 2 rings (SSSR count). The molecule has 0 aromatic carbocycles. The van der Waals surface area contributed by atoms with Gasteiger partial charge < -0.3 is 9.80 Å². The first-order chi connectivity index (χ1) is 8.75. The van der Waals surface area contributed by atoms with E-state index in [1.54, 1.807) is 0 Å². The number of alkyl halides is 2. The van der Waals surface area contributed by atoms with Gasteiger partial charge >= 0.3 is 0 Å². The molecule has 0 N–H and O–H groups in total. The van der Waals surface area contributed by atoms with Crippen LogP contribution in [0, 0.1) is 0 Å². The zero-order chi connectivity index (χ0) is 12.8. The van der Waals surface area contributed by atoms with E-state index in [9.17, 15) is 0 Å². The summed E-state index contributed by atoms with van der Waals surface area (Å²) in [5.41, 5.74) is 0. The molecule has 2 saturated heterocycles. The normalized spacial score (nSPS) is 27.0. The van der Waals surface area contributed by atoms with Gasteiger partial charge in [0.2, 0.25) is 0 Å². The van der Waals surface area contributed by atoms with Crippen LogP contribution in [0.4, 0.5) is 0 Å². The summed E-state index contributed by atoms with van der Waals surface area (Å²) in [7, 11) is 0. The summed E-state index contributed by atoms with van der Waals surface area (Å²) in [6.45, 7) is 7.58. The Morgan fingerprint density at radius 2 is 0.944 bits per heavy atom. The van der Waals surface area contributed by atoms with Gasteiger partial charge in [-0.15, -0.1) is 0 Å². The van der Waals surface area contributed by atoms with Crippen molar-refractivity contribution in [1.82, 2.24) is 9.80 Å². The Hall–Kier alpha value is 0.880. The molecule has 0 bridgehead atoms. The third-order valence-electron chi connectivity index (χ3n) is 4.16. The first-order valence-electron chi connectivity index (χ1n) is 7.48. The fraction of sp³-hybridized carbons (Fsp3) is 1.00. The van der Waals surface area contributed by atoms with Crippen molar-refractivity contribution in [1.29, 1.82) is 0 Å². The lowest BCUT2D eigenvalue weighted by atomic mass is 10.1. The summed E-state index contributed by atoms with van der Waals surface area (Å²) in [6.07, 6.45) is 8.40. The highest BCUT2D eigenvalue weighted by molar-refractivity contribution is 9.12. The van der Waals surface area contributed by atoms with Gasteiger partial charge in [0.1, 0.15) is 0 Å². The first-order valence-corrected chi connectivity index (χ1v) is 9.31. The van der Waals surface area contributed by atoms with Crippen molar-refractivity contribution < 1.29 is 0 Å². The van der Waals surface area contributed by atoms with E-state index in [1.807, 2.05) is 0 Å².